The molecule has 1 aromatic carbocycles. The van der Waals surface area contributed by atoms with E-state index in [0.29, 0.717) is 18.2 Å². The van der Waals surface area contributed by atoms with Gasteiger partial charge in [-0.1, -0.05) is 13.0 Å². The number of hydrogen-bond donors (Lipinski definition) is 1. The van der Waals surface area contributed by atoms with Crippen molar-refractivity contribution in [2.75, 3.05) is 19.6 Å². The first-order valence-corrected chi connectivity index (χ1v) is 7.79. The average molecular weight is 356 g/mol. The van der Waals surface area contributed by atoms with Gasteiger partial charge in [-0.3, -0.25) is 19.8 Å². The number of hydrogen-bond acceptors (Lipinski definition) is 4. The molecule has 1 aliphatic heterocycles. The molecule has 0 spiro atoms. The standard InChI is InChI=1S/C14H18BrN3O3/c1-2-17-8-4-5-10(17)9-16-14(19)11-6-3-7-12(13(11)15)18(20)21/h3,6-7,10H,2,4-5,8-9H2,1H3,(H,16,19). The lowest BCUT2D eigenvalue weighted by atomic mass is 10.1. The predicted molar refractivity (Wildman–Crippen MR) is 83.4 cm³/mol. The van der Waals surface area contributed by atoms with Crippen LogP contribution in [0.25, 0.3) is 0 Å². The molecule has 6 nitrogen and oxygen atoms in total. The number of nitro groups is 1. The molecular formula is C14H18BrN3O3. The predicted octanol–water partition coefficient (Wildman–Crippen LogP) is 2.57. The lowest BCUT2D eigenvalue weighted by Crippen LogP contribution is -2.40. The topological polar surface area (TPSA) is 75.5 Å². The quantitative estimate of drug-likeness (QED) is 0.650. The molecule has 1 saturated heterocycles. The number of halogens is 1. The van der Waals surface area contributed by atoms with E-state index in [4.69, 9.17) is 0 Å². The number of carbonyl (C=O) groups is 1. The first-order chi connectivity index (χ1) is 10.0. The van der Waals surface area contributed by atoms with Crippen LogP contribution in [-0.2, 0) is 0 Å². The van der Waals surface area contributed by atoms with Gasteiger partial charge in [0.15, 0.2) is 0 Å². The van der Waals surface area contributed by atoms with E-state index < -0.39 is 4.92 Å². The molecule has 2 rings (SSSR count). The van der Waals surface area contributed by atoms with E-state index in [2.05, 4.69) is 33.1 Å². The molecule has 114 valence electrons. The summed E-state index contributed by atoms with van der Waals surface area (Å²) in [7, 11) is 0. The second kappa shape index (κ2) is 7.00. The third kappa shape index (κ3) is 3.59. The second-order valence-electron chi connectivity index (χ2n) is 5.03. The highest BCUT2D eigenvalue weighted by Crippen LogP contribution is 2.28. The van der Waals surface area contributed by atoms with Gasteiger partial charge in [-0.2, -0.15) is 0 Å². The minimum atomic E-state index is -0.503. The van der Waals surface area contributed by atoms with Crippen LogP contribution in [0, 0.1) is 10.1 Å². The zero-order valence-electron chi connectivity index (χ0n) is 11.8. The molecule has 0 saturated carbocycles. The summed E-state index contributed by atoms with van der Waals surface area (Å²) in [5, 5.41) is 13.8. The van der Waals surface area contributed by atoms with Crippen molar-refractivity contribution >= 4 is 27.5 Å². The van der Waals surface area contributed by atoms with Gasteiger partial charge in [-0.05, 0) is 47.9 Å². The Morgan fingerprint density at radius 1 is 1.57 bits per heavy atom. The minimum absolute atomic E-state index is 0.0984. The number of benzene rings is 1. The zero-order chi connectivity index (χ0) is 15.4. The molecule has 0 aliphatic carbocycles. The molecule has 1 unspecified atom stereocenters. The number of nitro benzene ring substituents is 1. The molecule has 0 radical (unpaired) electrons. The highest BCUT2D eigenvalue weighted by atomic mass is 79.9. The Morgan fingerprint density at radius 3 is 3.00 bits per heavy atom. The van der Waals surface area contributed by atoms with Crippen molar-refractivity contribution in [3.8, 4) is 0 Å². The summed E-state index contributed by atoms with van der Waals surface area (Å²) in [4.78, 5) is 24.9. The number of nitrogens with zero attached hydrogens (tertiary/aromatic N) is 2. The van der Waals surface area contributed by atoms with Gasteiger partial charge < -0.3 is 5.32 Å². The minimum Gasteiger partial charge on any atom is -0.350 e. The van der Waals surface area contributed by atoms with Gasteiger partial charge in [-0.15, -0.1) is 0 Å². The number of amides is 1. The SMILES string of the molecule is CCN1CCCC1CNC(=O)c1cccc([N+](=O)[O-])c1Br. The van der Waals surface area contributed by atoms with Crippen LogP contribution in [0.5, 0.6) is 0 Å². The molecule has 1 aromatic rings. The van der Waals surface area contributed by atoms with Crippen molar-refractivity contribution in [2.24, 2.45) is 0 Å². The fourth-order valence-corrected chi connectivity index (χ4v) is 3.27. The maximum atomic E-state index is 12.2. The third-order valence-electron chi connectivity index (χ3n) is 3.82. The Hall–Kier alpha value is -1.47. The maximum absolute atomic E-state index is 12.2. The number of carbonyl (C=O) groups excluding carboxylic acids is 1. The summed E-state index contributed by atoms with van der Waals surface area (Å²) >= 11 is 3.15. The molecule has 21 heavy (non-hydrogen) atoms. The molecule has 1 heterocycles. The number of nitrogens with one attached hydrogen (secondary N) is 1. The van der Waals surface area contributed by atoms with E-state index in [1.807, 2.05) is 0 Å². The van der Waals surface area contributed by atoms with Crippen LogP contribution in [0.3, 0.4) is 0 Å². The van der Waals surface area contributed by atoms with Crippen LogP contribution in [-0.4, -0.2) is 41.4 Å². The lowest BCUT2D eigenvalue weighted by Gasteiger charge is -2.22. The summed E-state index contributed by atoms with van der Waals surface area (Å²) < 4.78 is 0.228. The fourth-order valence-electron chi connectivity index (χ4n) is 2.68. The average Bonchev–Trinajstić information content (AvgIpc) is 2.92. The van der Waals surface area contributed by atoms with Crippen LogP contribution in [0.2, 0.25) is 0 Å². The van der Waals surface area contributed by atoms with E-state index in [1.165, 1.54) is 12.1 Å². The summed E-state index contributed by atoms with van der Waals surface area (Å²) in [5.41, 5.74) is 0.198. The van der Waals surface area contributed by atoms with Crippen molar-refractivity contribution in [2.45, 2.75) is 25.8 Å². The normalized spacial score (nSPS) is 18.7. The highest BCUT2D eigenvalue weighted by molar-refractivity contribution is 9.10. The second-order valence-corrected chi connectivity index (χ2v) is 5.82. The summed E-state index contributed by atoms with van der Waals surface area (Å²) in [6, 6.07) is 4.83. The molecule has 1 fully saturated rings. The van der Waals surface area contributed by atoms with E-state index in [-0.39, 0.29) is 16.1 Å². The molecule has 7 heteroatoms. The van der Waals surface area contributed by atoms with E-state index in [1.54, 1.807) is 6.07 Å². The van der Waals surface area contributed by atoms with Crippen molar-refractivity contribution < 1.29 is 9.72 Å². The number of rotatable bonds is 5. The van der Waals surface area contributed by atoms with Gasteiger partial charge in [-0.25, -0.2) is 0 Å². The summed E-state index contributed by atoms with van der Waals surface area (Å²) in [6.45, 7) is 4.72. The summed E-state index contributed by atoms with van der Waals surface area (Å²) in [6.07, 6.45) is 2.22. The smallest absolute Gasteiger partial charge is 0.284 e. The van der Waals surface area contributed by atoms with Crippen molar-refractivity contribution in [1.82, 2.24) is 10.2 Å². The van der Waals surface area contributed by atoms with Gasteiger partial charge in [0.25, 0.3) is 11.6 Å². The molecule has 1 N–H and O–H groups in total. The van der Waals surface area contributed by atoms with Crippen LogP contribution in [0.4, 0.5) is 5.69 Å². The molecule has 1 amide bonds. The molecule has 0 aromatic heterocycles. The largest absolute Gasteiger partial charge is 0.350 e. The van der Waals surface area contributed by atoms with E-state index in [0.717, 1.165) is 25.9 Å². The highest BCUT2D eigenvalue weighted by Gasteiger charge is 2.24. The van der Waals surface area contributed by atoms with Crippen molar-refractivity contribution in [1.29, 1.82) is 0 Å². The monoisotopic (exact) mass is 355 g/mol. The summed E-state index contributed by atoms with van der Waals surface area (Å²) in [5.74, 6) is -0.284. The Morgan fingerprint density at radius 2 is 2.33 bits per heavy atom. The lowest BCUT2D eigenvalue weighted by molar-refractivity contribution is -0.385. The van der Waals surface area contributed by atoms with Crippen molar-refractivity contribution in [3.05, 3.63) is 38.3 Å². The van der Waals surface area contributed by atoms with Crippen LogP contribution in [0.1, 0.15) is 30.1 Å². The zero-order valence-corrected chi connectivity index (χ0v) is 13.4. The third-order valence-corrected chi connectivity index (χ3v) is 4.66. The van der Waals surface area contributed by atoms with Gasteiger partial charge in [0.2, 0.25) is 0 Å². The Balaban J connectivity index is 2.04. The first-order valence-electron chi connectivity index (χ1n) is 6.99. The Kier molecular flexibility index (Phi) is 5.30. The van der Waals surface area contributed by atoms with Gasteiger partial charge in [0.05, 0.1) is 10.5 Å². The van der Waals surface area contributed by atoms with Crippen molar-refractivity contribution in [3.63, 3.8) is 0 Å². The van der Waals surface area contributed by atoms with Crippen LogP contribution < -0.4 is 5.32 Å². The number of likely N-dealkylation sites (N-methyl/N-ethyl adjacent to an activating group) is 1. The van der Waals surface area contributed by atoms with E-state index >= 15 is 0 Å². The van der Waals surface area contributed by atoms with Gasteiger partial charge in [0.1, 0.15) is 4.47 Å². The van der Waals surface area contributed by atoms with E-state index in [9.17, 15) is 14.9 Å². The molecular weight excluding hydrogens is 338 g/mol. The first kappa shape index (κ1) is 15.9. The van der Waals surface area contributed by atoms with Gasteiger partial charge in [0, 0.05) is 18.7 Å². The molecule has 1 aliphatic rings. The van der Waals surface area contributed by atoms with Crippen LogP contribution >= 0.6 is 15.9 Å². The maximum Gasteiger partial charge on any atom is 0.284 e. The Labute approximate surface area is 131 Å². The fraction of sp³-hybridized carbons (Fsp3) is 0.500. The number of likely N-dealkylation sites (tertiary alicyclic amines) is 1. The molecule has 1 atom stereocenters. The van der Waals surface area contributed by atoms with Crippen LogP contribution in [0.15, 0.2) is 22.7 Å². The molecule has 0 bridgehead atoms. The Bertz CT molecular complexity index is 550. The van der Waals surface area contributed by atoms with Gasteiger partial charge >= 0.3 is 0 Å².